The molecule has 4 rings (SSSR count). The highest BCUT2D eigenvalue weighted by atomic mass is 16.5. The Morgan fingerprint density at radius 3 is 2.55 bits per heavy atom. The molecule has 0 spiro atoms. The van der Waals surface area contributed by atoms with Crippen molar-refractivity contribution in [3.63, 3.8) is 0 Å². The molecular weight excluding hydrogens is 386 g/mol. The Labute approximate surface area is 182 Å². The van der Waals surface area contributed by atoms with E-state index in [0.717, 1.165) is 24.2 Å². The van der Waals surface area contributed by atoms with E-state index in [9.17, 15) is 4.79 Å². The standard InChI is InChI=1S/C26H27N3O2/c1-18(31-17-19-8-3-2-4-9-19)22(26-28-16-24(29-26)25(27)30)15-14-21-12-7-11-20-10-5-6-13-23(20)21/h2-13,16,18,22H,14-15,17H2,1H3,(H2,27,30)(H,28,29)/t18-,22?/m0/s1. The normalized spacial score (nSPS) is 13.2. The Morgan fingerprint density at radius 1 is 1.03 bits per heavy atom. The van der Waals surface area contributed by atoms with Crippen LogP contribution in [0.2, 0.25) is 0 Å². The lowest BCUT2D eigenvalue weighted by Gasteiger charge is -2.23. The molecule has 1 heterocycles. The van der Waals surface area contributed by atoms with Crippen LogP contribution in [0.3, 0.4) is 0 Å². The molecule has 1 unspecified atom stereocenters. The number of carbonyl (C=O) groups excluding carboxylic acids is 1. The number of hydrogen-bond donors (Lipinski definition) is 2. The fourth-order valence-electron chi connectivity index (χ4n) is 3.99. The topological polar surface area (TPSA) is 81.0 Å². The number of hydrogen-bond acceptors (Lipinski definition) is 3. The van der Waals surface area contributed by atoms with E-state index < -0.39 is 5.91 Å². The Hall–Kier alpha value is -3.44. The van der Waals surface area contributed by atoms with Gasteiger partial charge in [-0.2, -0.15) is 0 Å². The van der Waals surface area contributed by atoms with Crippen LogP contribution >= 0.6 is 0 Å². The zero-order valence-electron chi connectivity index (χ0n) is 17.6. The van der Waals surface area contributed by atoms with Crippen LogP contribution < -0.4 is 5.73 Å². The summed E-state index contributed by atoms with van der Waals surface area (Å²) in [6.07, 6.45) is 3.18. The minimum absolute atomic E-state index is 0.00391. The number of amides is 1. The van der Waals surface area contributed by atoms with Crippen molar-refractivity contribution in [1.29, 1.82) is 0 Å². The number of nitrogens with one attached hydrogen (secondary N) is 1. The van der Waals surface area contributed by atoms with E-state index in [4.69, 9.17) is 10.5 Å². The highest BCUT2D eigenvalue weighted by Crippen LogP contribution is 2.28. The lowest BCUT2D eigenvalue weighted by Crippen LogP contribution is -2.21. The number of primary amides is 1. The van der Waals surface area contributed by atoms with Gasteiger partial charge in [-0.05, 0) is 41.7 Å². The molecule has 5 nitrogen and oxygen atoms in total. The molecule has 2 atom stereocenters. The predicted molar refractivity (Wildman–Crippen MR) is 123 cm³/mol. The number of imidazole rings is 1. The van der Waals surface area contributed by atoms with Crippen molar-refractivity contribution in [1.82, 2.24) is 9.97 Å². The molecular formula is C26H27N3O2. The van der Waals surface area contributed by atoms with Gasteiger partial charge in [-0.15, -0.1) is 0 Å². The summed E-state index contributed by atoms with van der Waals surface area (Å²) in [6.45, 7) is 2.58. The Bertz CT molecular complexity index is 1150. The summed E-state index contributed by atoms with van der Waals surface area (Å²) in [6, 6.07) is 24.9. The maximum atomic E-state index is 11.6. The zero-order chi connectivity index (χ0) is 21.6. The summed E-state index contributed by atoms with van der Waals surface area (Å²) in [5.41, 5.74) is 8.08. The zero-order valence-corrected chi connectivity index (χ0v) is 17.6. The van der Waals surface area contributed by atoms with Gasteiger partial charge in [0, 0.05) is 12.1 Å². The van der Waals surface area contributed by atoms with Crippen LogP contribution in [-0.4, -0.2) is 22.0 Å². The first-order chi connectivity index (χ1) is 15.1. The van der Waals surface area contributed by atoms with Crippen molar-refractivity contribution in [2.24, 2.45) is 5.73 Å². The van der Waals surface area contributed by atoms with E-state index in [-0.39, 0.29) is 17.7 Å². The monoisotopic (exact) mass is 413 g/mol. The van der Waals surface area contributed by atoms with Crippen molar-refractivity contribution in [3.05, 3.63) is 102 Å². The van der Waals surface area contributed by atoms with E-state index in [1.165, 1.54) is 16.3 Å². The first-order valence-corrected chi connectivity index (χ1v) is 10.6. The van der Waals surface area contributed by atoms with Gasteiger partial charge in [0.1, 0.15) is 11.5 Å². The minimum atomic E-state index is -0.534. The van der Waals surface area contributed by atoms with Crippen molar-refractivity contribution in [2.45, 2.75) is 38.4 Å². The molecule has 0 fully saturated rings. The van der Waals surface area contributed by atoms with Crippen molar-refractivity contribution >= 4 is 16.7 Å². The number of fused-ring (bicyclic) bond motifs is 1. The quantitative estimate of drug-likeness (QED) is 0.406. The van der Waals surface area contributed by atoms with Gasteiger partial charge in [0.2, 0.25) is 0 Å². The van der Waals surface area contributed by atoms with Gasteiger partial charge in [-0.1, -0.05) is 72.8 Å². The fourth-order valence-corrected chi connectivity index (χ4v) is 3.99. The third-order valence-corrected chi connectivity index (χ3v) is 5.73. The van der Waals surface area contributed by atoms with Crippen LogP contribution in [0.25, 0.3) is 10.8 Å². The second-order valence-corrected chi connectivity index (χ2v) is 7.82. The van der Waals surface area contributed by atoms with Crippen LogP contribution in [0.15, 0.2) is 79.0 Å². The average molecular weight is 414 g/mol. The Kier molecular flexibility index (Phi) is 6.43. The molecule has 3 aromatic carbocycles. The van der Waals surface area contributed by atoms with Crippen molar-refractivity contribution in [2.75, 3.05) is 0 Å². The SMILES string of the molecule is C[C@H](OCc1ccccc1)C(CCc1cccc2ccccc12)c1nc(C(N)=O)c[nH]1. The van der Waals surface area contributed by atoms with Crippen LogP contribution in [0, 0.1) is 0 Å². The fraction of sp³-hybridized carbons (Fsp3) is 0.231. The first-order valence-electron chi connectivity index (χ1n) is 10.6. The summed E-state index contributed by atoms with van der Waals surface area (Å²) in [7, 11) is 0. The van der Waals surface area contributed by atoms with E-state index in [1.807, 2.05) is 18.2 Å². The number of nitrogens with zero attached hydrogens (tertiary/aromatic N) is 1. The summed E-state index contributed by atoms with van der Waals surface area (Å²) >= 11 is 0. The number of benzene rings is 3. The summed E-state index contributed by atoms with van der Waals surface area (Å²) in [4.78, 5) is 19.2. The van der Waals surface area contributed by atoms with Crippen LogP contribution in [0.1, 0.15) is 46.7 Å². The lowest BCUT2D eigenvalue weighted by atomic mass is 9.92. The molecule has 3 N–H and O–H groups in total. The predicted octanol–water partition coefficient (Wildman–Crippen LogP) is 4.98. The van der Waals surface area contributed by atoms with Gasteiger partial charge in [0.25, 0.3) is 5.91 Å². The lowest BCUT2D eigenvalue weighted by molar-refractivity contribution is 0.0308. The number of H-pyrrole nitrogens is 1. The largest absolute Gasteiger partial charge is 0.373 e. The Balaban J connectivity index is 1.54. The number of aromatic amines is 1. The van der Waals surface area contributed by atoms with Crippen LogP contribution in [-0.2, 0) is 17.8 Å². The summed E-state index contributed by atoms with van der Waals surface area (Å²) in [5, 5.41) is 2.50. The van der Waals surface area contributed by atoms with Crippen LogP contribution in [0.4, 0.5) is 0 Å². The maximum Gasteiger partial charge on any atom is 0.268 e. The summed E-state index contributed by atoms with van der Waals surface area (Å²) in [5.74, 6) is 0.193. The van der Waals surface area contributed by atoms with Gasteiger partial charge >= 0.3 is 0 Å². The second-order valence-electron chi connectivity index (χ2n) is 7.82. The van der Waals surface area contributed by atoms with Gasteiger partial charge in [0.05, 0.1) is 12.7 Å². The van der Waals surface area contributed by atoms with Crippen LogP contribution in [0.5, 0.6) is 0 Å². The highest BCUT2D eigenvalue weighted by Gasteiger charge is 2.24. The molecule has 5 heteroatoms. The third kappa shape index (κ3) is 5.01. The molecule has 0 radical (unpaired) electrons. The molecule has 31 heavy (non-hydrogen) atoms. The number of carbonyl (C=O) groups is 1. The molecule has 0 aliphatic rings. The van der Waals surface area contributed by atoms with E-state index in [2.05, 4.69) is 71.5 Å². The number of ether oxygens (including phenoxy) is 1. The highest BCUT2D eigenvalue weighted by molar-refractivity contribution is 5.90. The molecule has 0 saturated heterocycles. The van der Waals surface area contributed by atoms with Crippen molar-refractivity contribution < 1.29 is 9.53 Å². The molecule has 0 bridgehead atoms. The average Bonchev–Trinajstić information content (AvgIpc) is 3.29. The molecule has 0 aliphatic heterocycles. The molecule has 1 amide bonds. The van der Waals surface area contributed by atoms with E-state index in [1.54, 1.807) is 6.20 Å². The third-order valence-electron chi connectivity index (χ3n) is 5.73. The van der Waals surface area contributed by atoms with Gasteiger partial charge in [0.15, 0.2) is 0 Å². The number of aromatic nitrogens is 2. The first kappa shape index (κ1) is 20.8. The number of rotatable bonds is 9. The smallest absolute Gasteiger partial charge is 0.268 e. The number of nitrogens with two attached hydrogens (primary N) is 1. The molecule has 4 aromatic rings. The van der Waals surface area contributed by atoms with E-state index >= 15 is 0 Å². The Morgan fingerprint density at radius 2 is 1.77 bits per heavy atom. The van der Waals surface area contributed by atoms with Gasteiger partial charge in [-0.25, -0.2) is 4.98 Å². The molecule has 0 aliphatic carbocycles. The summed E-state index contributed by atoms with van der Waals surface area (Å²) < 4.78 is 6.21. The maximum absolute atomic E-state index is 11.6. The molecule has 0 saturated carbocycles. The van der Waals surface area contributed by atoms with Gasteiger partial charge in [-0.3, -0.25) is 4.79 Å². The second kappa shape index (κ2) is 9.58. The van der Waals surface area contributed by atoms with Crippen molar-refractivity contribution in [3.8, 4) is 0 Å². The van der Waals surface area contributed by atoms with E-state index in [0.29, 0.717) is 6.61 Å². The number of aryl methyl sites for hydroxylation is 1. The minimum Gasteiger partial charge on any atom is -0.373 e. The van der Waals surface area contributed by atoms with Gasteiger partial charge < -0.3 is 15.5 Å². The molecule has 1 aromatic heterocycles. The molecule has 158 valence electrons.